The molecule has 0 aliphatic rings. The van der Waals surface area contributed by atoms with E-state index in [9.17, 15) is 0 Å². The molecule has 0 fully saturated rings. The highest BCUT2D eigenvalue weighted by molar-refractivity contribution is 5.81. The van der Waals surface area contributed by atoms with Crippen LogP contribution in [0.2, 0.25) is 0 Å². The predicted molar refractivity (Wildman–Crippen MR) is 106 cm³/mol. The van der Waals surface area contributed by atoms with Gasteiger partial charge in [-0.25, -0.2) is 4.98 Å². The van der Waals surface area contributed by atoms with Crippen LogP contribution in [0.1, 0.15) is 31.7 Å². The van der Waals surface area contributed by atoms with E-state index in [4.69, 9.17) is 0 Å². The summed E-state index contributed by atoms with van der Waals surface area (Å²) in [4.78, 5) is 9.20. The Kier molecular flexibility index (Phi) is 4.50. The normalized spacial score (nSPS) is 12.3. The molecule has 0 saturated carbocycles. The van der Waals surface area contributed by atoms with Crippen LogP contribution in [0.15, 0.2) is 49.1 Å². The van der Waals surface area contributed by atoms with E-state index in [1.54, 1.807) is 4.68 Å². The van der Waals surface area contributed by atoms with Gasteiger partial charge in [0.15, 0.2) is 5.82 Å². The van der Waals surface area contributed by atoms with Crippen molar-refractivity contribution >= 4 is 22.7 Å². The molecule has 1 N–H and O–H groups in total. The fourth-order valence-corrected chi connectivity index (χ4v) is 2.88. The van der Waals surface area contributed by atoms with Crippen molar-refractivity contribution in [3.8, 4) is 11.1 Å². The van der Waals surface area contributed by atoms with Crippen LogP contribution >= 0.6 is 0 Å². The first-order chi connectivity index (χ1) is 13.1. The number of hydrogen-bond acceptors (Lipinski definition) is 6. The Balaban J connectivity index is 1.64. The summed E-state index contributed by atoms with van der Waals surface area (Å²) in [5, 5.41) is 15.7. The Labute approximate surface area is 157 Å². The molecule has 0 aliphatic carbocycles. The molecule has 0 spiro atoms. The molecule has 4 aromatic heterocycles. The Bertz CT molecular complexity index is 1090. The van der Waals surface area contributed by atoms with Gasteiger partial charge in [-0.2, -0.15) is 10.2 Å². The largest absolute Gasteiger partial charge is 0.323 e. The van der Waals surface area contributed by atoms with Crippen LogP contribution in [-0.2, 0) is 7.05 Å². The van der Waals surface area contributed by atoms with E-state index in [1.807, 2.05) is 56.1 Å². The SMILES string of the molecule is CCC(C)c1cnnc(Nc2ccc3ncc(-c4cnn(C)c4)cc3n2)c1. The fourth-order valence-electron chi connectivity index (χ4n) is 2.88. The van der Waals surface area contributed by atoms with Gasteiger partial charge in [-0.1, -0.05) is 13.8 Å². The van der Waals surface area contributed by atoms with Crippen molar-refractivity contribution in [2.75, 3.05) is 5.32 Å². The van der Waals surface area contributed by atoms with Gasteiger partial charge in [-0.3, -0.25) is 9.67 Å². The quantitative estimate of drug-likeness (QED) is 0.578. The summed E-state index contributed by atoms with van der Waals surface area (Å²) in [6.45, 7) is 4.34. The molecule has 0 radical (unpaired) electrons. The van der Waals surface area contributed by atoms with Crippen molar-refractivity contribution in [3.05, 3.63) is 54.6 Å². The minimum absolute atomic E-state index is 0.442. The highest BCUT2D eigenvalue weighted by Crippen LogP contribution is 2.24. The number of pyridine rings is 2. The van der Waals surface area contributed by atoms with E-state index >= 15 is 0 Å². The molecule has 0 bridgehead atoms. The van der Waals surface area contributed by atoms with Gasteiger partial charge >= 0.3 is 0 Å². The second kappa shape index (κ2) is 7.11. The Morgan fingerprint density at radius 1 is 1.04 bits per heavy atom. The molecule has 0 aliphatic heterocycles. The summed E-state index contributed by atoms with van der Waals surface area (Å²) in [7, 11) is 1.90. The lowest BCUT2D eigenvalue weighted by molar-refractivity contribution is 0.725. The van der Waals surface area contributed by atoms with Crippen LogP contribution in [0.4, 0.5) is 11.6 Å². The third-order valence-electron chi connectivity index (χ3n) is 4.69. The summed E-state index contributed by atoms with van der Waals surface area (Å²) in [5.74, 6) is 1.84. The molecule has 4 rings (SSSR count). The van der Waals surface area contributed by atoms with E-state index in [1.165, 1.54) is 0 Å². The van der Waals surface area contributed by atoms with E-state index in [-0.39, 0.29) is 0 Å². The molecule has 0 amide bonds. The van der Waals surface area contributed by atoms with Gasteiger partial charge in [0.25, 0.3) is 0 Å². The maximum Gasteiger partial charge on any atom is 0.154 e. The number of rotatable bonds is 5. The second-order valence-corrected chi connectivity index (χ2v) is 6.67. The number of nitrogens with one attached hydrogen (secondary N) is 1. The van der Waals surface area contributed by atoms with Gasteiger partial charge in [0.2, 0.25) is 0 Å². The van der Waals surface area contributed by atoms with Crippen molar-refractivity contribution in [3.63, 3.8) is 0 Å². The van der Waals surface area contributed by atoms with Crippen molar-refractivity contribution < 1.29 is 0 Å². The lowest BCUT2D eigenvalue weighted by Gasteiger charge is -2.10. The standard InChI is InChI=1S/C20H21N7/c1-4-13(2)14-8-20(26-22-10-14)25-19-6-5-17-18(24-19)7-15(9-21-17)16-11-23-27(3)12-16/h5-13H,4H2,1-3H3,(H,24,25,26). The third kappa shape index (κ3) is 3.62. The van der Waals surface area contributed by atoms with Crippen LogP contribution in [0.25, 0.3) is 22.2 Å². The Morgan fingerprint density at radius 2 is 1.93 bits per heavy atom. The molecule has 0 aromatic carbocycles. The topological polar surface area (TPSA) is 81.4 Å². The molecule has 1 atom stereocenters. The molecular formula is C20H21N7. The monoisotopic (exact) mass is 359 g/mol. The number of nitrogens with zero attached hydrogens (tertiary/aromatic N) is 6. The summed E-state index contributed by atoms with van der Waals surface area (Å²) in [6.07, 6.45) is 8.50. The zero-order chi connectivity index (χ0) is 18.8. The summed E-state index contributed by atoms with van der Waals surface area (Å²) >= 11 is 0. The summed E-state index contributed by atoms with van der Waals surface area (Å²) in [5.41, 5.74) is 4.81. The molecule has 7 nitrogen and oxygen atoms in total. The first kappa shape index (κ1) is 17.1. The molecule has 136 valence electrons. The average Bonchev–Trinajstić information content (AvgIpc) is 3.13. The number of anilines is 2. The average molecular weight is 359 g/mol. The Hall–Kier alpha value is -3.35. The minimum Gasteiger partial charge on any atom is -0.323 e. The lowest BCUT2D eigenvalue weighted by atomic mass is 10.0. The van der Waals surface area contributed by atoms with Gasteiger partial charge in [0.05, 0.1) is 23.4 Å². The lowest BCUT2D eigenvalue weighted by Crippen LogP contribution is -2.01. The maximum absolute atomic E-state index is 4.69. The highest BCUT2D eigenvalue weighted by atomic mass is 15.2. The maximum atomic E-state index is 4.69. The smallest absolute Gasteiger partial charge is 0.154 e. The van der Waals surface area contributed by atoms with Crippen LogP contribution in [0.3, 0.4) is 0 Å². The number of aromatic nitrogens is 6. The van der Waals surface area contributed by atoms with Crippen molar-refractivity contribution in [1.82, 2.24) is 29.9 Å². The van der Waals surface area contributed by atoms with Gasteiger partial charge in [0, 0.05) is 30.6 Å². The van der Waals surface area contributed by atoms with E-state index in [0.29, 0.717) is 17.6 Å². The zero-order valence-electron chi connectivity index (χ0n) is 15.6. The van der Waals surface area contributed by atoms with E-state index in [0.717, 1.165) is 34.1 Å². The summed E-state index contributed by atoms with van der Waals surface area (Å²) < 4.78 is 1.77. The van der Waals surface area contributed by atoms with Crippen LogP contribution in [-0.4, -0.2) is 29.9 Å². The Morgan fingerprint density at radius 3 is 2.70 bits per heavy atom. The van der Waals surface area contributed by atoms with Gasteiger partial charge in [-0.15, -0.1) is 5.10 Å². The summed E-state index contributed by atoms with van der Waals surface area (Å²) in [6, 6.07) is 7.89. The minimum atomic E-state index is 0.442. The van der Waals surface area contributed by atoms with Crippen LogP contribution in [0, 0.1) is 0 Å². The predicted octanol–water partition coefficient (Wildman–Crippen LogP) is 4.08. The third-order valence-corrected chi connectivity index (χ3v) is 4.69. The van der Waals surface area contributed by atoms with Gasteiger partial charge < -0.3 is 5.32 Å². The fraction of sp³-hybridized carbons (Fsp3) is 0.250. The highest BCUT2D eigenvalue weighted by Gasteiger charge is 2.08. The van der Waals surface area contributed by atoms with E-state index in [2.05, 4.69) is 44.4 Å². The molecular weight excluding hydrogens is 338 g/mol. The van der Waals surface area contributed by atoms with Crippen molar-refractivity contribution in [2.24, 2.45) is 7.05 Å². The number of fused-ring (bicyclic) bond motifs is 1. The number of aryl methyl sites for hydroxylation is 1. The molecule has 1 unspecified atom stereocenters. The molecule has 7 heteroatoms. The van der Waals surface area contributed by atoms with Gasteiger partial charge in [-0.05, 0) is 42.2 Å². The molecule has 4 aromatic rings. The first-order valence-electron chi connectivity index (χ1n) is 8.98. The molecule has 4 heterocycles. The zero-order valence-corrected chi connectivity index (χ0v) is 15.6. The second-order valence-electron chi connectivity index (χ2n) is 6.67. The van der Waals surface area contributed by atoms with Crippen molar-refractivity contribution in [2.45, 2.75) is 26.2 Å². The number of hydrogen-bond donors (Lipinski definition) is 1. The molecule has 27 heavy (non-hydrogen) atoms. The first-order valence-corrected chi connectivity index (χ1v) is 8.98. The van der Waals surface area contributed by atoms with Gasteiger partial charge in [0.1, 0.15) is 5.82 Å². The van der Waals surface area contributed by atoms with Crippen LogP contribution in [0.5, 0.6) is 0 Å². The van der Waals surface area contributed by atoms with Crippen LogP contribution < -0.4 is 5.32 Å². The van der Waals surface area contributed by atoms with E-state index < -0.39 is 0 Å². The molecule has 0 saturated heterocycles. The van der Waals surface area contributed by atoms with Crippen molar-refractivity contribution in [1.29, 1.82) is 0 Å².